The van der Waals surface area contributed by atoms with Gasteiger partial charge in [-0.15, -0.1) is 0 Å². The van der Waals surface area contributed by atoms with E-state index in [9.17, 15) is 0 Å². The van der Waals surface area contributed by atoms with Crippen LogP contribution in [0, 0.1) is 0 Å². The molecule has 3 rings (SSSR count). The van der Waals surface area contributed by atoms with Gasteiger partial charge in [-0.05, 0) is 26.6 Å². The Morgan fingerprint density at radius 2 is 1.12 bits per heavy atom. The Bertz CT molecular complexity index is 800. The standard InChI is InChI=1S/C24H26BN/c1-20(19-26(2)3)24(21-13-7-4-8-14-21)25(22-15-9-5-10-16-22)23-17-11-6-12-18-23/h4-18H,19H2,1-3H3. The second-order valence-corrected chi connectivity index (χ2v) is 7.05. The first-order valence-electron chi connectivity index (χ1n) is 9.16. The third kappa shape index (κ3) is 4.33. The maximum absolute atomic E-state index is 2.27. The summed E-state index contributed by atoms with van der Waals surface area (Å²) < 4.78 is 0. The molecule has 0 bridgehead atoms. The number of hydrogen-bond donors (Lipinski definition) is 0. The first-order chi connectivity index (χ1) is 12.7. The van der Waals surface area contributed by atoms with Crippen LogP contribution in [0.15, 0.2) is 96.6 Å². The van der Waals surface area contributed by atoms with Gasteiger partial charge in [-0.25, -0.2) is 0 Å². The van der Waals surface area contributed by atoms with E-state index in [2.05, 4.69) is 117 Å². The van der Waals surface area contributed by atoms with Crippen molar-refractivity contribution < 1.29 is 0 Å². The van der Waals surface area contributed by atoms with E-state index in [1.165, 1.54) is 27.5 Å². The molecule has 0 saturated carbocycles. The summed E-state index contributed by atoms with van der Waals surface area (Å²) in [7, 11) is 4.26. The van der Waals surface area contributed by atoms with Crippen LogP contribution in [0.1, 0.15) is 12.5 Å². The van der Waals surface area contributed by atoms with Crippen LogP contribution in [0.4, 0.5) is 0 Å². The molecule has 0 N–H and O–H groups in total. The van der Waals surface area contributed by atoms with Crippen LogP contribution in [-0.2, 0) is 0 Å². The van der Waals surface area contributed by atoms with Gasteiger partial charge in [0.15, 0.2) is 0 Å². The lowest BCUT2D eigenvalue weighted by molar-refractivity contribution is 0.446. The Kier molecular flexibility index (Phi) is 6.09. The minimum Gasteiger partial charge on any atom is -0.305 e. The Labute approximate surface area is 158 Å². The average Bonchev–Trinajstić information content (AvgIpc) is 2.67. The molecule has 0 amide bonds. The van der Waals surface area contributed by atoms with Crippen molar-refractivity contribution in [3.8, 4) is 0 Å². The van der Waals surface area contributed by atoms with E-state index < -0.39 is 0 Å². The first-order valence-corrected chi connectivity index (χ1v) is 9.16. The Morgan fingerprint density at radius 3 is 1.54 bits per heavy atom. The highest BCUT2D eigenvalue weighted by molar-refractivity contribution is 6.99. The fourth-order valence-electron chi connectivity index (χ4n) is 3.65. The smallest absolute Gasteiger partial charge is 0.241 e. The van der Waals surface area contributed by atoms with Crippen molar-refractivity contribution in [2.45, 2.75) is 6.92 Å². The van der Waals surface area contributed by atoms with Crippen LogP contribution in [0.2, 0.25) is 0 Å². The second kappa shape index (κ2) is 8.69. The Morgan fingerprint density at radius 1 is 0.692 bits per heavy atom. The lowest BCUT2D eigenvalue weighted by Crippen LogP contribution is -2.44. The monoisotopic (exact) mass is 339 g/mol. The van der Waals surface area contributed by atoms with E-state index in [0.29, 0.717) is 0 Å². The largest absolute Gasteiger partial charge is 0.305 e. The van der Waals surface area contributed by atoms with Crippen molar-refractivity contribution in [1.82, 2.24) is 4.90 Å². The minimum absolute atomic E-state index is 0.222. The minimum atomic E-state index is 0.222. The molecule has 1 nitrogen and oxygen atoms in total. The maximum Gasteiger partial charge on any atom is 0.241 e. The molecule has 3 aromatic carbocycles. The van der Waals surface area contributed by atoms with Crippen LogP contribution in [0.5, 0.6) is 0 Å². The van der Waals surface area contributed by atoms with Crippen LogP contribution in [0.3, 0.4) is 0 Å². The van der Waals surface area contributed by atoms with Crippen molar-refractivity contribution in [2.24, 2.45) is 0 Å². The molecule has 3 aromatic rings. The first kappa shape index (κ1) is 18.2. The fourth-order valence-corrected chi connectivity index (χ4v) is 3.65. The molecular weight excluding hydrogens is 313 g/mol. The third-order valence-corrected chi connectivity index (χ3v) is 4.65. The molecule has 0 radical (unpaired) electrons. The van der Waals surface area contributed by atoms with Gasteiger partial charge in [0.1, 0.15) is 0 Å². The second-order valence-electron chi connectivity index (χ2n) is 7.05. The molecule has 0 aromatic heterocycles. The topological polar surface area (TPSA) is 3.24 Å². The SMILES string of the molecule is CC(CN(C)C)=C(B(c1ccccc1)c1ccccc1)c1ccccc1. The number of likely N-dealkylation sites (N-methyl/N-ethyl adjacent to an activating group) is 1. The van der Waals surface area contributed by atoms with Gasteiger partial charge < -0.3 is 4.90 Å². The molecule has 2 heteroatoms. The van der Waals surface area contributed by atoms with E-state index in [1.807, 2.05) is 0 Å². The molecule has 0 aliphatic heterocycles. The summed E-state index contributed by atoms with van der Waals surface area (Å²) in [6.07, 6.45) is 0. The predicted octanol–water partition coefficient (Wildman–Crippen LogP) is 3.87. The quantitative estimate of drug-likeness (QED) is 0.616. The van der Waals surface area contributed by atoms with Crippen molar-refractivity contribution in [3.05, 3.63) is 102 Å². The maximum atomic E-state index is 2.27. The van der Waals surface area contributed by atoms with Gasteiger partial charge in [-0.1, -0.05) is 113 Å². The molecule has 0 spiro atoms. The fraction of sp³-hybridized carbons (Fsp3) is 0.167. The van der Waals surface area contributed by atoms with Gasteiger partial charge in [0.05, 0.1) is 0 Å². The summed E-state index contributed by atoms with van der Waals surface area (Å²) >= 11 is 0. The highest BCUT2D eigenvalue weighted by atomic mass is 15.0. The molecule has 0 saturated heterocycles. The highest BCUT2D eigenvalue weighted by Gasteiger charge is 2.26. The number of nitrogens with zero attached hydrogens (tertiary/aromatic N) is 1. The van der Waals surface area contributed by atoms with Gasteiger partial charge in [0.25, 0.3) is 0 Å². The van der Waals surface area contributed by atoms with E-state index >= 15 is 0 Å². The molecule has 0 aliphatic rings. The summed E-state index contributed by atoms with van der Waals surface area (Å²) in [6, 6.07) is 32.5. The summed E-state index contributed by atoms with van der Waals surface area (Å²) in [5.74, 6) is 0. The normalized spacial score (nSPS) is 12.0. The molecular formula is C24H26BN. The molecule has 0 fully saturated rings. The Hall–Kier alpha value is -2.58. The van der Waals surface area contributed by atoms with Crippen LogP contribution >= 0.6 is 0 Å². The van der Waals surface area contributed by atoms with Gasteiger partial charge >= 0.3 is 0 Å². The van der Waals surface area contributed by atoms with Crippen molar-refractivity contribution in [1.29, 1.82) is 0 Å². The summed E-state index contributed by atoms with van der Waals surface area (Å²) in [6.45, 7) is 3.43. The van der Waals surface area contributed by atoms with Crippen molar-refractivity contribution in [3.63, 3.8) is 0 Å². The predicted molar refractivity (Wildman–Crippen MR) is 115 cm³/mol. The average molecular weight is 339 g/mol. The van der Waals surface area contributed by atoms with Gasteiger partial charge in [0, 0.05) is 6.54 Å². The summed E-state index contributed by atoms with van der Waals surface area (Å²) in [4.78, 5) is 2.24. The van der Waals surface area contributed by atoms with Crippen molar-refractivity contribution >= 4 is 23.1 Å². The molecule has 0 heterocycles. The zero-order valence-corrected chi connectivity index (χ0v) is 15.9. The van der Waals surface area contributed by atoms with Gasteiger partial charge in [0.2, 0.25) is 6.71 Å². The zero-order valence-electron chi connectivity index (χ0n) is 15.9. The third-order valence-electron chi connectivity index (χ3n) is 4.65. The number of benzene rings is 3. The number of rotatable bonds is 6. The van der Waals surface area contributed by atoms with Crippen LogP contribution in [-0.4, -0.2) is 32.3 Å². The summed E-state index contributed by atoms with van der Waals surface area (Å²) in [5.41, 5.74) is 6.76. The number of hydrogen-bond acceptors (Lipinski definition) is 1. The van der Waals surface area contributed by atoms with Crippen molar-refractivity contribution in [2.75, 3.05) is 20.6 Å². The van der Waals surface area contributed by atoms with E-state index in [1.54, 1.807) is 0 Å². The van der Waals surface area contributed by atoms with E-state index in [4.69, 9.17) is 0 Å². The molecule has 26 heavy (non-hydrogen) atoms. The Balaban J connectivity index is 2.23. The van der Waals surface area contributed by atoms with Crippen LogP contribution in [0.25, 0.3) is 5.47 Å². The lowest BCUT2D eigenvalue weighted by Gasteiger charge is -2.23. The molecule has 0 aliphatic carbocycles. The van der Waals surface area contributed by atoms with Crippen LogP contribution < -0.4 is 10.9 Å². The molecule has 130 valence electrons. The van der Waals surface area contributed by atoms with E-state index in [0.717, 1.165) is 6.54 Å². The zero-order chi connectivity index (χ0) is 18.4. The van der Waals surface area contributed by atoms with E-state index in [-0.39, 0.29) is 6.71 Å². The highest BCUT2D eigenvalue weighted by Crippen LogP contribution is 2.22. The molecule has 0 atom stereocenters. The molecule has 0 unspecified atom stereocenters. The lowest BCUT2D eigenvalue weighted by atomic mass is 9.34. The summed E-state index contributed by atoms with van der Waals surface area (Å²) in [5, 5.41) is 0. The van der Waals surface area contributed by atoms with Gasteiger partial charge in [-0.2, -0.15) is 0 Å². The van der Waals surface area contributed by atoms with Gasteiger partial charge in [-0.3, -0.25) is 0 Å².